The Morgan fingerprint density at radius 2 is 1.62 bits per heavy atom. The zero-order valence-corrected chi connectivity index (χ0v) is 20.5. The highest BCUT2D eigenvalue weighted by Gasteiger charge is 2.50. The number of aromatic nitrogens is 2. The van der Waals surface area contributed by atoms with Crippen LogP contribution >= 0.6 is 0 Å². The second-order valence-corrected chi connectivity index (χ2v) is 10.9. The Morgan fingerprint density at radius 3 is 2.14 bits per heavy atom. The van der Waals surface area contributed by atoms with E-state index in [2.05, 4.69) is 9.17 Å². The summed E-state index contributed by atoms with van der Waals surface area (Å²) < 4.78 is 142. The second-order valence-electron chi connectivity index (χ2n) is 7.58. The van der Waals surface area contributed by atoms with Crippen LogP contribution in [0.5, 0.6) is 5.75 Å². The topological polar surface area (TPSA) is 131 Å². The number of halogens is 6. The molecule has 10 nitrogen and oxygen atoms in total. The number of carbonyl (C=O) groups is 1. The van der Waals surface area contributed by atoms with Gasteiger partial charge in [0.1, 0.15) is 0 Å². The summed E-state index contributed by atoms with van der Waals surface area (Å²) in [5.74, 6) is -2.28. The molecule has 0 aliphatic rings. The van der Waals surface area contributed by atoms with Crippen LogP contribution < -0.4 is 4.18 Å². The van der Waals surface area contributed by atoms with E-state index < -0.39 is 88.7 Å². The molecule has 3 aromatic rings. The molecule has 18 heteroatoms. The van der Waals surface area contributed by atoms with E-state index in [9.17, 15) is 48.0 Å². The van der Waals surface area contributed by atoms with Crippen molar-refractivity contribution in [3.8, 4) is 5.75 Å². The molecule has 0 N–H and O–H groups in total. The van der Waals surface area contributed by atoms with E-state index in [0.717, 1.165) is 19.2 Å². The summed E-state index contributed by atoms with van der Waals surface area (Å²) in [6.07, 6.45) is -0.153. The Hall–Kier alpha value is -3.12. The molecule has 0 saturated heterocycles. The van der Waals surface area contributed by atoms with Crippen molar-refractivity contribution in [1.29, 1.82) is 0 Å². The van der Waals surface area contributed by atoms with Crippen LogP contribution in [0.4, 0.5) is 26.3 Å². The largest absolute Gasteiger partial charge is 0.534 e. The predicted molar refractivity (Wildman–Crippen MR) is 114 cm³/mol. The van der Waals surface area contributed by atoms with Gasteiger partial charge in [0.25, 0.3) is 0 Å². The minimum Gasteiger partial charge on any atom is -0.458 e. The SMILES string of the molecule is COCc1c(C(=O)OC(C)C)ncc2c1c1c(OS(=O)(=O)C(F)(F)F)cccc1n2S(=O)(=O)C(F)(F)F. The van der Waals surface area contributed by atoms with Gasteiger partial charge in [-0.15, -0.1) is 0 Å². The molecule has 0 unspecified atom stereocenters. The molecule has 0 aliphatic carbocycles. The Balaban J connectivity index is 2.60. The van der Waals surface area contributed by atoms with Crippen LogP contribution in [-0.4, -0.2) is 56.0 Å². The third kappa shape index (κ3) is 4.91. The highest BCUT2D eigenvalue weighted by Crippen LogP contribution is 2.43. The van der Waals surface area contributed by atoms with Gasteiger partial charge in [0.05, 0.1) is 35.3 Å². The molecular weight excluding hydrogens is 562 g/mol. The smallest absolute Gasteiger partial charge is 0.458 e. The second kappa shape index (κ2) is 9.32. The first-order valence-corrected chi connectivity index (χ1v) is 12.7. The first kappa shape index (κ1) is 28.5. The van der Waals surface area contributed by atoms with E-state index in [4.69, 9.17) is 9.47 Å². The summed E-state index contributed by atoms with van der Waals surface area (Å²) in [4.78, 5) is 16.3. The molecular formula is C19H16F6N2O8S2. The maximum Gasteiger partial charge on any atom is 0.534 e. The molecule has 0 amide bonds. The number of rotatable bonds is 7. The highest BCUT2D eigenvalue weighted by atomic mass is 32.2. The van der Waals surface area contributed by atoms with Crippen molar-refractivity contribution in [2.75, 3.05) is 7.11 Å². The molecule has 3 rings (SSSR count). The normalized spacial score (nSPS) is 13.5. The standard InChI is InChI=1S/C19H16F6N2O8S2/c1-9(2)34-17(28)16-10(8-33-3)14-12(7-26-16)27(36(29,30)18(20,21)22)11-5-4-6-13(15(11)14)35-37(31,32)19(23,24)25/h4-7,9H,8H2,1-3H3. The van der Waals surface area contributed by atoms with Gasteiger partial charge >= 0.3 is 37.1 Å². The monoisotopic (exact) mass is 578 g/mol. The Kier molecular flexibility index (Phi) is 7.17. The van der Waals surface area contributed by atoms with Crippen LogP contribution in [0.2, 0.25) is 0 Å². The Labute approximate surface area is 204 Å². The summed E-state index contributed by atoms with van der Waals surface area (Å²) in [5, 5.41) is -1.39. The summed E-state index contributed by atoms with van der Waals surface area (Å²) in [6.45, 7) is 2.29. The van der Waals surface area contributed by atoms with Crippen LogP contribution in [-0.2, 0) is 36.2 Å². The van der Waals surface area contributed by atoms with Crippen LogP contribution in [0.15, 0.2) is 24.4 Å². The molecule has 0 aliphatic heterocycles. The van der Waals surface area contributed by atoms with Crippen LogP contribution in [0, 0.1) is 0 Å². The molecule has 2 heterocycles. The molecule has 0 radical (unpaired) electrons. The van der Waals surface area contributed by atoms with Crippen LogP contribution in [0.1, 0.15) is 29.9 Å². The number of methoxy groups -OCH3 is 1. The first-order valence-electron chi connectivity index (χ1n) is 9.82. The number of fused-ring (bicyclic) bond motifs is 3. The van der Waals surface area contributed by atoms with Gasteiger partial charge in [-0.25, -0.2) is 13.8 Å². The number of hydrogen-bond donors (Lipinski definition) is 0. The van der Waals surface area contributed by atoms with Crippen molar-refractivity contribution in [2.24, 2.45) is 0 Å². The van der Waals surface area contributed by atoms with Crippen molar-refractivity contribution in [1.82, 2.24) is 8.96 Å². The first-order chi connectivity index (χ1) is 16.8. The lowest BCUT2D eigenvalue weighted by molar-refractivity contribution is -0.0500. The van der Waals surface area contributed by atoms with Gasteiger partial charge in [0.15, 0.2) is 11.4 Å². The van der Waals surface area contributed by atoms with Gasteiger partial charge in [-0.05, 0) is 26.0 Å². The summed E-state index contributed by atoms with van der Waals surface area (Å²) in [6, 6.07) is 2.22. The fourth-order valence-corrected chi connectivity index (χ4v) is 4.86. The summed E-state index contributed by atoms with van der Waals surface area (Å²) in [5.41, 5.74) is -14.6. The Morgan fingerprint density at radius 1 is 1.00 bits per heavy atom. The fraction of sp³-hybridized carbons (Fsp3) is 0.368. The lowest BCUT2D eigenvalue weighted by atomic mass is 10.1. The number of alkyl halides is 6. The summed E-state index contributed by atoms with van der Waals surface area (Å²) in [7, 11) is -11.5. The fourth-order valence-electron chi connectivity index (χ4n) is 3.37. The van der Waals surface area contributed by atoms with Gasteiger partial charge < -0.3 is 13.7 Å². The third-order valence-corrected chi connectivity index (χ3v) is 7.12. The van der Waals surface area contributed by atoms with E-state index in [0.29, 0.717) is 12.3 Å². The van der Waals surface area contributed by atoms with Gasteiger partial charge in [-0.2, -0.15) is 43.2 Å². The molecule has 0 saturated carbocycles. The van der Waals surface area contributed by atoms with Crippen molar-refractivity contribution < 1.29 is 61.6 Å². The molecule has 1 aromatic carbocycles. The zero-order chi connectivity index (χ0) is 28.1. The number of esters is 1. The number of nitrogens with zero attached hydrogens (tertiary/aromatic N) is 2. The number of ether oxygens (including phenoxy) is 2. The number of pyridine rings is 1. The van der Waals surface area contributed by atoms with Crippen molar-refractivity contribution in [2.45, 2.75) is 37.6 Å². The van der Waals surface area contributed by atoms with Gasteiger partial charge in [-0.3, -0.25) is 0 Å². The zero-order valence-electron chi connectivity index (χ0n) is 18.8. The van der Waals surface area contributed by atoms with Crippen molar-refractivity contribution in [3.05, 3.63) is 35.7 Å². The van der Waals surface area contributed by atoms with E-state index in [-0.39, 0.29) is 3.97 Å². The van der Waals surface area contributed by atoms with Crippen LogP contribution in [0.25, 0.3) is 21.8 Å². The summed E-state index contributed by atoms with van der Waals surface area (Å²) >= 11 is 0. The van der Waals surface area contributed by atoms with Gasteiger partial charge in [-0.1, -0.05) is 6.07 Å². The molecule has 0 bridgehead atoms. The van der Waals surface area contributed by atoms with E-state index in [1.165, 1.54) is 13.8 Å². The van der Waals surface area contributed by atoms with E-state index in [1.807, 2.05) is 0 Å². The van der Waals surface area contributed by atoms with Gasteiger partial charge in [0.2, 0.25) is 0 Å². The molecule has 0 fully saturated rings. The maximum atomic E-state index is 13.6. The molecule has 204 valence electrons. The minimum atomic E-state index is -6.35. The molecule has 0 spiro atoms. The van der Waals surface area contributed by atoms with E-state index in [1.54, 1.807) is 0 Å². The lowest BCUT2D eigenvalue weighted by Crippen LogP contribution is -2.29. The van der Waals surface area contributed by atoms with Gasteiger partial charge in [0, 0.05) is 18.1 Å². The molecule has 2 aromatic heterocycles. The van der Waals surface area contributed by atoms with Crippen molar-refractivity contribution >= 4 is 47.9 Å². The average molecular weight is 578 g/mol. The van der Waals surface area contributed by atoms with E-state index >= 15 is 0 Å². The third-order valence-electron chi connectivity index (χ3n) is 4.69. The average Bonchev–Trinajstić information content (AvgIpc) is 3.08. The van der Waals surface area contributed by atoms with Crippen molar-refractivity contribution in [3.63, 3.8) is 0 Å². The maximum absolute atomic E-state index is 13.6. The quantitative estimate of drug-likeness (QED) is 0.178. The van der Waals surface area contributed by atoms with Crippen LogP contribution in [0.3, 0.4) is 0 Å². The number of carbonyl (C=O) groups excluding carboxylic acids is 1. The molecule has 0 atom stereocenters. The Bertz CT molecular complexity index is 1590. The number of hydrogen-bond acceptors (Lipinski definition) is 9. The highest BCUT2D eigenvalue weighted by molar-refractivity contribution is 7.91. The minimum absolute atomic E-state index is 0.283. The lowest BCUT2D eigenvalue weighted by Gasteiger charge is -2.13. The number of benzene rings is 1. The predicted octanol–water partition coefficient (Wildman–Crippen LogP) is 3.83. The molecule has 37 heavy (non-hydrogen) atoms.